The fourth-order valence-electron chi connectivity index (χ4n) is 2.50. The van der Waals surface area contributed by atoms with Gasteiger partial charge in [-0.05, 0) is 31.4 Å². The molecule has 1 N–H and O–H groups in total. The number of halogens is 1. The molecule has 0 aliphatic carbocycles. The average molecular weight is 327 g/mol. The maximum atomic E-state index is 10.8. The number of nitrogens with zero attached hydrogens (tertiary/aromatic N) is 2. The summed E-state index contributed by atoms with van der Waals surface area (Å²) in [5, 5.41) is 10.2. The Kier molecular flexibility index (Phi) is 5.17. The van der Waals surface area contributed by atoms with E-state index >= 15 is 0 Å². The first-order chi connectivity index (χ1) is 9.90. The summed E-state index contributed by atoms with van der Waals surface area (Å²) >= 11 is 7.45. The number of benzene rings is 1. The lowest BCUT2D eigenvalue weighted by molar-refractivity contribution is -0.133. The third-order valence-electron chi connectivity index (χ3n) is 3.22. The first-order valence-electron chi connectivity index (χ1n) is 6.91. The number of rotatable bonds is 6. The van der Waals surface area contributed by atoms with Crippen LogP contribution < -0.4 is 0 Å². The SMILES string of the molecule is CC(C)CC(C)n1c(SCC(=O)O)nc2c(Cl)cccc21. The van der Waals surface area contributed by atoms with Crippen molar-refractivity contribution in [2.45, 2.75) is 38.4 Å². The number of imidazole rings is 1. The summed E-state index contributed by atoms with van der Waals surface area (Å²) in [5.41, 5.74) is 1.70. The van der Waals surface area contributed by atoms with Gasteiger partial charge in [0.1, 0.15) is 5.52 Å². The molecule has 2 aromatic rings. The summed E-state index contributed by atoms with van der Waals surface area (Å²) in [7, 11) is 0. The molecule has 0 amide bonds. The second kappa shape index (κ2) is 6.71. The van der Waals surface area contributed by atoms with Crippen LogP contribution >= 0.6 is 23.4 Å². The summed E-state index contributed by atoms with van der Waals surface area (Å²) in [5.74, 6) is -0.301. The predicted molar refractivity (Wildman–Crippen MR) is 87.3 cm³/mol. The van der Waals surface area contributed by atoms with Gasteiger partial charge in [-0.2, -0.15) is 0 Å². The maximum Gasteiger partial charge on any atom is 0.313 e. The van der Waals surface area contributed by atoms with Crippen LogP contribution in [0.3, 0.4) is 0 Å². The fraction of sp³-hybridized carbons (Fsp3) is 0.467. The van der Waals surface area contributed by atoms with Gasteiger partial charge < -0.3 is 9.67 Å². The van der Waals surface area contributed by atoms with E-state index in [-0.39, 0.29) is 11.8 Å². The Balaban J connectivity index is 2.49. The maximum absolute atomic E-state index is 10.8. The molecule has 21 heavy (non-hydrogen) atoms. The Hall–Kier alpha value is -1.20. The molecule has 0 saturated carbocycles. The molecule has 2 rings (SSSR count). The van der Waals surface area contributed by atoms with Crippen molar-refractivity contribution in [3.05, 3.63) is 23.2 Å². The minimum Gasteiger partial charge on any atom is -0.481 e. The molecular formula is C15H19ClN2O2S. The zero-order valence-corrected chi connectivity index (χ0v) is 13.9. The Morgan fingerprint density at radius 3 is 2.76 bits per heavy atom. The highest BCUT2D eigenvalue weighted by molar-refractivity contribution is 7.99. The van der Waals surface area contributed by atoms with E-state index in [2.05, 4.69) is 30.3 Å². The number of carboxylic acid groups (broad SMARTS) is 1. The molecule has 114 valence electrons. The van der Waals surface area contributed by atoms with Crippen molar-refractivity contribution in [2.24, 2.45) is 5.92 Å². The molecule has 0 spiro atoms. The number of carbonyl (C=O) groups is 1. The molecule has 1 atom stereocenters. The van der Waals surface area contributed by atoms with E-state index in [0.29, 0.717) is 16.1 Å². The lowest BCUT2D eigenvalue weighted by atomic mass is 10.1. The Morgan fingerprint density at radius 2 is 2.14 bits per heavy atom. The molecule has 0 bridgehead atoms. The molecule has 1 unspecified atom stereocenters. The van der Waals surface area contributed by atoms with Gasteiger partial charge in [-0.1, -0.05) is 43.3 Å². The number of aliphatic carboxylic acids is 1. The van der Waals surface area contributed by atoms with Crippen molar-refractivity contribution in [1.29, 1.82) is 0 Å². The molecular weight excluding hydrogens is 308 g/mol. The highest BCUT2D eigenvalue weighted by Crippen LogP contribution is 2.33. The fourth-order valence-corrected chi connectivity index (χ4v) is 3.54. The first kappa shape index (κ1) is 16.2. The van der Waals surface area contributed by atoms with Crippen LogP contribution in [0.15, 0.2) is 23.4 Å². The van der Waals surface area contributed by atoms with Gasteiger partial charge in [0.2, 0.25) is 0 Å². The summed E-state index contributed by atoms with van der Waals surface area (Å²) in [6.07, 6.45) is 0.999. The number of thioether (sulfide) groups is 1. The molecule has 1 aromatic heterocycles. The molecule has 0 aliphatic rings. The van der Waals surface area contributed by atoms with Gasteiger partial charge in [0.05, 0.1) is 16.3 Å². The molecule has 0 radical (unpaired) electrons. The summed E-state index contributed by atoms with van der Waals surface area (Å²) < 4.78 is 2.11. The number of para-hydroxylation sites is 1. The molecule has 0 saturated heterocycles. The number of aromatic nitrogens is 2. The minimum atomic E-state index is -0.846. The molecule has 4 nitrogen and oxygen atoms in total. The van der Waals surface area contributed by atoms with Crippen LogP contribution in [0.4, 0.5) is 0 Å². The van der Waals surface area contributed by atoms with E-state index in [9.17, 15) is 4.79 Å². The topological polar surface area (TPSA) is 55.1 Å². The van der Waals surface area contributed by atoms with Crippen molar-refractivity contribution in [1.82, 2.24) is 9.55 Å². The van der Waals surface area contributed by atoms with E-state index in [4.69, 9.17) is 16.7 Å². The minimum absolute atomic E-state index is 0.00462. The third-order valence-corrected chi connectivity index (χ3v) is 4.46. The smallest absolute Gasteiger partial charge is 0.313 e. The summed E-state index contributed by atoms with van der Waals surface area (Å²) in [6.45, 7) is 6.48. The zero-order valence-electron chi connectivity index (χ0n) is 12.3. The second-order valence-electron chi connectivity index (χ2n) is 5.53. The molecule has 0 aliphatic heterocycles. The normalized spacial score (nSPS) is 13.0. The number of fused-ring (bicyclic) bond motifs is 1. The third kappa shape index (κ3) is 3.71. The van der Waals surface area contributed by atoms with Crippen molar-refractivity contribution < 1.29 is 9.90 Å². The van der Waals surface area contributed by atoms with Gasteiger partial charge in [0.25, 0.3) is 0 Å². The standard InChI is InChI=1S/C15H19ClN2O2S/c1-9(2)7-10(3)18-12-6-4-5-11(16)14(12)17-15(18)21-8-13(19)20/h4-6,9-10H,7-8H2,1-3H3,(H,19,20). The van der Waals surface area contributed by atoms with Gasteiger partial charge in [-0.25, -0.2) is 4.98 Å². The van der Waals surface area contributed by atoms with E-state index in [1.165, 1.54) is 11.8 Å². The van der Waals surface area contributed by atoms with Crippen molar-refractivity contribution in [2.75, 3.05) is 5.75 Å². The van der Waals surface area contributed by atoms with Gasteiger partial charge in [0.15, 0.2) is 5.16 Å². The predicted octanol–water partition coefficient (Wildman–Crippen LogP) is 4.47. The molecule has 1 aromatic carbocycles. The van der Waals surface area contributed by atoms with Crippen molar-refractivity contribution in [3.63, 3.8) is 0 Å². The quantitative estimate of drug-likeness (QED) is 0.795. The van der Waals surface area contributed by atoms with Gasteiger partial charge in [0, 0.05) is 6.04 Å². The van der Waals surface area contributed by atoms with E-state index in [0.717, 1.165) is 17.5 Å². The first-order valence-corrected chi connectivity index (χ1v) is 8.27. The average Bonchev–Trinajstić information content (AvgIpc) is 2.75. The molecule has 6 heteroatoms. The Labute approximate surface area is 133 Å². The number of hydrogen-bond donors (Lipinski definition) is 1. The van der Waals surface area contributed by atoms with Crippen LogP contribution in [0.2, 0.25) is 5.02 Å². The number of carboxylic acids is 1. The van der Waals surface area contributed by atoms with Gasteiger partial charge >= 0.3 is 5.97 Å². The van der Waals surface area contributed by atoms with Crippen LogP contribution in [-0.4, -0.2) is 26.4 Å². The van der Waals surface area contributed by atoms with E-state index < -0.39 is 5.97 Å². The largest absolute Gasteiger partial charge is 0.481 e. The Morgan fingerprint density at radius 1 is 1.43 bits per heavy atom. The lowest BCUT2D eigenvalue weighted by Gasteiger charge is -2.19. The monoisotopic (exact) mass is 326 g/mol. The van der Waals surface area contributed by atoms with E-state index in [1.54, 1.807) is 6.07 Å². The molecule has 0 fully saturated rings. The zero-order chi connectivity index (χ0) is 15.6. The summed E-state index contributed by atoms with van der Waals surface area (Å²) in [4.78, 5) is 15.4. The second-order valence-corrected chi connectivity index (χ2v) is 6.88. The van der Waals surface area contributed by atoms with Crippen molar-refractivity contribution >= 4 is 40.4 Å². The Bertz CT molecular complexity index is 654. The number of hydrogen-bond acceptors (Lipinski definition) is 3. The van der Waals surface area contributed by atoms with Crippen LogP contribution in [-0.2, 0) is 4.79 Å². The summed E-state index contributed by atoms with van der Waals surface area (Å²) in [6, 6.07) is 5.93. The van der Waals surface area contributed by atoms with Gasteiger partial charge in [-0.15, -0.1) is 0 Å². The van der Waals surface area contributed by atoms with Crippen molar-refractivity contribution in [3.8, 4) is 0 Å². The highest BCUT2D eigenvalue weighted by atomic mass is 35.5. The van der Waals surface area contributed by atoms with Crippen LogP contribution in [0.25, 0.3) is 11.0 Å². The van der Waals surface area contributed by atoms with E-state index in [1.807, 2.05) is 12.1 Å². The molecule has 1 heterocycles. The van der Waals surface area contributed by atoms with Gasteiger partial charge in [-0.3, -0.25) is 4.79 Å². The van der Waals surface area contributed by atoms with Crippen LogP contribution in [0, 0.1) is 5.92 Å². The van der Waals surface area contributed by atoms with Crippen LogP contribution in [0.5, 0.6) is 0 Å². The van der Waals surface area contributed by atoms with Crippen LogP contribution in [0.1, 0.15) is 33.2 Å². The lowest BCUT2D eigenvalue weighted by Crippen LogP contribution is -2.10. The highest BCUT2D eigenvalue weighted by Gasteiger charge is 2.19.